The fraction of sp³-hybridized carbons (Fsp3) is 0.533. The normalized spacial score (nSPS) is 17.9. The molecular weight excluding hydrogens is 270 g/mol. The molecular formula is C15H23N3O3. The van der Waals surface area contributed by atoms with Gasteiger partial charge in [-0.05, 0) is 49.5 Å². The number of hydrogen-bond acceptors (Lipinski definition) is 5. The highest BCUT2D eigenvalue weighted by molar-refractivity contribution is 5.99. The van der Waals surface area contributed by atoms with Crippen LogP contribution in [-0.4, -0.2) is 47.9 Å². The molecule has 1 aliphatic heterocycles. The van der Waals surface area contributed by atoms with Crippen molar-refractivity contribution < 1.29 is 15.1 Å². The fourth-order valence-corrected chi connectivity index (χ4v) is 2.69. The van der Waals surface area contributed by atoms with Crippen molar-refractivity contribution in [2.45, 2.75) is 19.4 Å². The van der Waals surface area contributed by atoms with Gasteiger partial charge >= 0.3 is 0 Å². The molecule has 1 heterocycles. The third kappa shape index (κ3) is 3.86. The molecule has 21 heavy (non-hydrogen) atoms. The molecule has 0 amide bonds. The minimum absolute atomic E-state index is 0.0488. The van der Waals surface area contributed by atoms with E-state index in [9.17, 15) is 0 Å². The summed E-state index contributed by atoms with van der Waals surface area (Å²) in [5, 5.41) is 21.1. The summed E-state index contributed by atoms with van der Waals surface area (Å²) in [6, 6.07) is 5.72. The zero-order chi connectivity index (χ0) is 15.2. The van der Waals surface area contributed by atoms with E-state index in [2.05, 4.69) is 10.1 Å². The van der Waals surface area contributed by atoms with Crippen molar-refractivity contribution in [1.82, 2.24) is 4.90 Å². The molecule has 1 aliphatic rings. The number of amidine groups is 1. The first-order valence-corrected chi connectivity index (χ1v) is 7.16. The van der Waals surface area contributed by atoms with Gasteiger partial charge in [-0.2, -0.15) is 0 Å². The van der Waals surface area contributed by atoms with E-state index in [0.717, 1.165) is 38.0 Å². The third-order valence-corrected chi connectivity index (χ3v) is 4.02. The molecule has 2 rings (SSSR count). The van der Waals surface area contributed by atoms with Crippen LogP contribution in [0.1, 0.15) is 24.0 Å². The number of methoxy groups -OCH3 is 1. The van der Waals surface area contributed by atoms with Gasteiger partial charge in [-0.25, -0.2) is 0 Å². The Morgan fingerprint density at radius 3 is 2.71 bits per heavy atom. The van der Waals surface area contributed by atoms with Crippen LogP contribution in [0.5, 0.6) is 5.75 Å². The highest BCUT2D eigenvalue weighted by atomic mass is 16.5. The Kier molecular flexibility index (Phi) is 5.41. The van der Waals surface area contributed by atoms with E-state index in [-0.39, 0.29) is 12.4 Å². The summed E-state index contributed by atoms with van der Waals surface area (Å²) >= 11 is 0. The van der Waals surface area contributed by atoms with Crippen LogP contribution >= 0.6 is 0 Å². The molecule has 0 aromatic heterocycles. The predicted octanol–water partition coefficient (Wildman–Crippen LogP) is 0.994. The van der Waals surface area contributed by atoms with Crippen molar-refractivity contribution >= 4 is 5.84 Å². The van der Waals surface area contributed by atoms with Crippen LogP contribution in [0.25, 0.3) is 0 Å². The number of benzene rings is 1. The van der Waals surface area contributed by atoms with E-state index in [4.69, 9.17) is 20.8 Å². The van der Waals surface area contributed by atoms with Crippen LogP contribution in [0.3, 0.4) is 0 Å². The van der Waals surface area contributed by atoms with Crippen molar-refractivity contribution in [3.63, 3.8) is 0 Å². The number of piperidine rings is 1. The maximum Gasteiger partial charge on any atom is 0.173 e. The molecule has 0 bridgehead atoms. The Balaban J connectivity index is 2.07. The van der Waals surface area contributed by atoms with Crippen LogP contribution in [-0.2, 0) is 6.54 Å². The highest BCUT2D eigenvalue weighted by Gasteiger charge is 2.19. The van der Waals surface area contributed by atoms with E-state index < -0.39 is 0 Å². The van der Waals surface area contributed by atoms with E-state index in [1.807, 2.05) is 18.2 Å². The summed E-state index contributed by atoms with van der Waals surface area (Å²) in [6.45, 7) is 3.06. The number of aliphatic hydroxyl groups excluding tert-OH is 1. The number of rotatable bonds is 5. The van der Waals surface area contributed by atoms with Gasteiger partial charge < -0.3 is 20.8 Å². The van der Waals surface area contributed by atoms with Gasteiger partial charge in [-0.1, -0.05) is 11.2 Å². The lowest BCUT2D eigenvalue weighted by Gasteiger charge is -2.31. The van der Waals surface area contributed by atoms with Gasteiger partial charge in [-0.15, -0.1) is 0 Å². The van der Waals surface area contributed by atoms with Crippen molar-refractivity contribution in [2.24, 2.45) is 16.8 Å². The lowest BCUT2D eigenvalue weighted by atomic mass is 9.97. The number of nitrogens with zero attached hydrogens (tertiary/aromatic N) is 2. The second-order valence-electron chi connectivity index (χ2n) is 5.42. The molecule has 0 spiro atoms. The van der Waals surface area contributed by atoms with Crippen molar-refractivity contribution in [2.75, 3.05) is 26.8 Å². The summed E-state index contributed by atoms with van der Waals surface area (Å²) in [7, 11) is 1.56. The Labute approximate surface area is 124 Å². The molecule has 6 nitrogen and oxygen atoms in total. The first kappa shape index (κ1) is 15.6. The van der Waals surface area contributed by atoms with Gasteiger partial charge in [0.05, 0.1) is 12.7 Å². The summed E-state index contributed by atoms with van der Waals surface area (Å²) in [5.74, 6) is 1.07. The van der Waals surface area contributed by atoms with E-state index in [1.54, 1.807) is 7.11 Å². The van der Waals surface area contributed by atoms with Gasteiger partial charge in [0.2, 0.25) is 0 Å². The van der Waals surface area contributed by atoms with Gasteiger partial charge in [0.25, 0.3) is 0 Å². The van der Waals surface area contributed by atoms with Crippen molar-refractivity contribution in [1.29, 1.82) is 0 Å². The number of nitrogens with two attached hydrogens (primary N) is 1. The first-order valence-electron chi connectivity index (χ1n) is 7.16. The number of ether oxygens (including phenoxy) is 1. The van der Waals surface area contributed by atoms with Gasteiger partial charge in [0.15, 0.2) is 5.84 Å². The molecule has 1 fully saturated rings. The largest absolute Gasteiger partial charge is 0.496 e. The minimum Gasteiger partial charge on any atom is -0.496 e. The zero-order valence-corrected chi connectivity index (χ0v) is 12.3. The maximum atomic E-state index is 9.17. The molecule has 0 unspecified atom stereocenters. The first-order chi connectivity index (χ1) is 10.2. The fourth-order valence-electron chi connectivity index (χ4n) is 2.69. The monoisotopic (exact) mass is 293 g/mol. The van der Waals surface area contributed by atoms with Crippen molar-refractivity contribution in [3.8, 4) is 5.75 Å². The number of aliphatic hydroxyl groups is 1. The Morgan fingerprint density at radius 2 is 2.14 bits per heavy atom. The van der Waals surface area contributed by atoms with E-state index in [0.29, 0.717) is 17.2 Å². The zero-order valence-electron chi connectivity index (χ0n) is 12.3. The number of likely N-dealkylation sites (tertiary alicyclic amines) is 1. The SMILES string of the molecule is COc1ccc(CN2CCC(CO)CC2)cc1C(N)=NO. The quantitative estimate of drug-likeness (QED) is 0.326. The highest BCUT2D eigenvalue weighted by Crippen LogP contribution is 2.23. The number of oxime groups is 1. The second-order valence-corrected chi connectivity index (χ2v) is 5.42. The summed E-state index contributed by atoms with van der Waals surface area (Å²) in [5.41, 5.74) is 7.38. The standard InChI is InChI=1S/C15H23N3O3/c1-21-14-3-2-12(8-13(14)15(16)17-20)9-18-6-4-11(10-19)5-7-18/h2-3,8,11,19-20H,4-7,9-10H2,1H3,(H2,16,17). The Bertz CT molecular complexity index is 497. The van der Waals surface area contributed by atoms with Gasteiger partial charge in [0, 0.05) is 13.2 Å². The van der Waals surface area contributed by atoms with Crippen LogP contribution in [0.15, 0.2) is 23.4 Å². The summed E-state index contributed by atoms with van der Waals surface area (Å²) in [4.78, 5) is 2.35. The van der Waals surface area contributed by atoms with Crippen LogP contribution in [0.4, 0.5) is 0 Å². The second kappa shape index (κ2) is 7.28. The van der Waals surface area contributed by atoms with E-state index >= 15 is 0 Å². The third-order valence-electron chi connectivity index (χ3n) is 4.02. The predicted molar refractivity (Wildman–Crippen MR) is 80.6 cm³/mol. The summed E-state index contributed by atoms with van der Waals surface area (Å²) in [6.07, 6.45) is 2.06. The Hall–Kier alpha value is -1.79. The lowest BCUT2D eigenvalue weighted by molar-refractivity contribution is 0.127. The maximum absolute atomic E-state index is 9.17. The average Bonchev–Trinajstić information content (AvgIpc) is 2.54. The molecule has 4 N–H and O–H groups in total. The molecule has 6 heteroatoms. The molecule has 116 valence electrons. The molecule has 1 aromatic carbocycles. The Morgan fingerprint density at radius 1 is 1.43 bits per heavy atom. The van der Waals surface area contributed by atoms with Crippen LogP contribution < -0.4 is 10.5 Å². The van der Waals surface area contributed by atoms with Crippen molar-refractivity contribution in [3.05, 3.63) is 29.3 Å². The van der Waals surface area contributed by atoms with Crippen LogP contribution in [0.2, 0.25) is 0 Å². The number of hydrogen-bond donors (Lipinski definition) is 3. The lowest BCUT2D eigenvalue weighted by Crippen LogP contribution is -2.34. The molecule has 1 saturated heterocycles. The average molecular weight is 293 g/mol. The van der Waals surface area contributed by atoms with Gasteiger partial charge in [0.1, 0.15) is 5.75 Å². The smallest absolute Gasteiger partial charge is 0.173 e. The molecule has 0 radical (unpaired) electrons. The topological polar surface area (TPSA) is 91.3 Å². The molecule has 0 aliphatic carbocycles. The molecule has 0 atom stereocenters. The van der Waals surface area contributed by atoms with Gasteiger partial charge in [-0.3, -0.25) is 4.90 Å². The van der Waals surface area contributed by atoms with Crippen LogP contribution in [0, 0.1) is 5.92 Å². The summed E-state index contributed by atoms with van der Waals surface area (Å²) < 4.78 is 5.23. The minimum atomic E-state index is 0.0488. The molecule has 0 saturated carbocycles. The molecule has 1 aromatic rings. The van der Waals surface area contributed by atoms with E-state index in [1.165, 1.54) is 0 Å².